The Morgan fingerprint density at radius 2 is 2.00 bits per heavy atom. The highest BCUT2D eigenvalue weighted by atomic mass is 35.5. The average molecular weight is 308 g/mol. The van der Waals surface area contributed by atoms with Gasteiger partial charge in [-0.15, -0.1) is 0 Å². The first-order valence-corrected chi connectivity index (χ1v) is 6.94. The number of hydrogen-bond donors (Lipinski definition) is 0. The van der Waals surface area contributed by atoms with Crippen molar-refractivity contribution < 1.29 is 9.53 Å². The van der Waals surface area contributed by atoms with Crippen LogP contribution in [0.3, 0.4) is 0 Å². The summed E-state index contributed by atoms with van der Waals surface area (Å²) >= 11 is 6.10. The number of rotatable bonds is 6. The third-order valence-corrected chi connectivity index (χ3v) is 3.44. The van der Waals surface area contributed by atoms with Gasteiger partial charge in [0.1, 0.15) is 5.69 Å². The molecule has 5 nitrogen and oxygen atoms in total. The molecule has 0 aliphatic carbocycles. The summed E-state index contributed by atoms with van der Waals surface area (Å²) in [6.07, 6.45) is 1.48. The van der Waals surface area contributed by atoms with Crippen molar-refractivity contribution in [2.75, 3.05) is 32.7 Å². The summed E-state index contributed by atoms with van der Waals surface area (Å²) in [7, 11) is 5.51. The first kappa shape index (κ1) is 15.5. The van der Waals surface area contributed by atoms with Gasteiger partial charge >= 0.3 is 0 Å². The van der Waals surface area contributed by atoms with Crippen LogP contribution in [0.25, 0.3) is 0 Å². The van der Waals surface area contributed by atoms with Crippen molar-refractivity contribution in [3.8, 4) is 0 Å². The predicted molar refractivity (Wildman–Crippen MR) is 83.3 cm³/mol. The van der Waals surface area contributed by atoms with Crippen LogP contribution in [0.1, 0.15) is 16.1 Å². The number of anilines is 1. The van der Waals surface area contributed by atoms with Gasteiger partial charge < -0.3 is 9.64 Å². The molecule has 0 atom stereocenters. The van der Waals surface area contributed by atoms with E-state index in [1.165, 1.54) is 6.20 Å². The molecule has 2 rings (SSSR count). The maximum Gasteiger partial charge on any atom is 0.212 e. The van der Waals surface area contributed by atoms with Gasteiger partial charge in [-0.1, -0.05) is 11.6 Å². The van der Waals surface area contributed by atoms with Gasteiger partial charge in [0.25, 0.3) is 0 Å². The lowest BCUT2D eigenvalue weighted by atomic mass is 10.1. The van der Waals surface area contributed by atoms with Crippen molar-refractivity contribution in [2.45, 2.75) is 6.54 Å². The van der Waals surface area contributed by atoms with E-state index in [4.69, 9.17) is 16.3 Å². The van der Waals surface area contributed by atoms with Gasteiger partial charge in [-0.25, -0.2) is 0 Å². The topological polar surface area (TPSA) is 47.4 Å². The van der Waals surface area contributed by atoms with E-state index in [1.54, 1.807) is 23.9 Å². The van der Waals surface area contributed by atoms with Crippen LogP contribution in [-0.4, -0.2) is 43.4 Å². The summed E-state index contributed by atoms with van der Waals surface area (Å²) in [6, 6.07) is 7.39. The molecule has 2 aromatic rings. The molecule has 6 heteroatoms. The molecule has 0 radical (unpaired) electrons. The summed E-state index contributed by atoms with van der Waals surface area (Å²) in [4.78, 5) is 14.6. The summed E-state index contributed by atoms with van der Waals surface area (Å²) in [5.74, 6) is -0.140. The maximum atomic E-state index is 12.6. The number of nitrogens with zero attached hydrogens (tertiary/aromatic N) is 3. The Bertz CT molecular complexity index is 620. The van der Waals surface area contributed by atoms with Crippen molar-refractivity contribution in [2.24, 2.45) is 0 Å². The van der Waals surface area contributed by atoms with Gasteiger partial charge in [0.05, 0.1) is 24.4 Å². The van der Waals surface area contributed by atoms with E-state index in [9.17, 15) is 4.79 Å². The van der Waals surface area contributed by atoms with Crippen molar-refractivity contribution >= 4 is 23.1 Å². The van der Waals surface area contributed by atoms with E-state index in [0.717, 1.165) is 5.69 Å². The zero-order valence-corrected chi connectivity index (χ0v) is 13.1. The highest BCUT2D eigenvalue weighted by Gasteiger charge is 2.19. The number of hydrogen-bond acceptors (Lipinski definition) is 4. The molecule has 1 heterocycles. The van der Waals surface area contributed by atoms with E-state index in [0.29, 0.717) is 29.4 Å². The molecule has 1 aromatic heterocycles. The molecule has 0 N–H and O–H groups in total. The number of ketones is 1. The zero-order valence-electron chi connectivity index (χ0n) is 12.3. The van der Waals surface area contributed by atoms with Crippen LogP contribution in [0.5, 0.6) is 0 Å². The third kappa shape index (κ3) is 3.43. The minimum atomic E-state index is -0.140. The van der Waals surface area contributed by atoms with Gasteiger partial charge in [-0.05, 0) is 24.3 Å². The van der Waals surface area contributed by atoms with Gasteiger partial charge in [-0.2, -0.15) is 5.10 Å². The van der Waals surface area contributed by atoms with Crippen LogP contribution in [0, 0.1) is 0 Å². The number of carbonyl (C=O) groups excluding carboxylic acids is 1. The Labute approximate surface area is 129 Å². The minimum absolute atomic E-state index is 0.140. The summed E-state index contributed by atoms with van der Waals surface area (Å²) in [5, 5.41) is 4.48. The lowest BCUT2D eigenvalue weighted by Crippen LogP contribution is -2.15. The fraction of sp³-hybridized carbons (Fsp3) is 0.333. The number of ether oxygens (including phenoxy) is 1. The molecular weight excluding hydrogens is 290 g/mol. The molecule has 0 saturated carbocycles. The summed E-state index contributed by atoms with van der Waals surface area (Å²) < 4.78 is 6.59. The Hall–Kier alpha value is -1.85. The van der Waals surface area contributed by atoms with Crippen molar-refractivity contribution in [3.63, 3.8) is 0 Å². The molecule has 0 fully saturated rings. The Morgan fingerprint density at radius 3 is 2.57 bits per heavy atom. The molecule has 0 bridgehead atoms. The predicted octanol–water partition coefficient (Wildman–Crippen LogP) is 2.48. The number of carbonyl (C=O) groups is 1. The van der Waals surface area contributed by atoms with E-state index >= 15 is 0 Å². The Balaban J connectivity index is 2.29. The second kappa shape index (κ2) is 6.74. The largest absolute Gasteiger partial charge is 0.383 e. The molecule has 0 spiro atoms. The highest BCUT2D eigenvalue weighted by Crippen LogP contribution is 2.21. The van der Waals surface area contributed by atoms with E-state index in [2.05, 4.69) is 5.10 Å². The lowest BCUT2D eigenvalue weighted by Gasteiger charge is -2.12. The Kier molecular flexibility index (Phi) is 4.98. The molecule has 21 heavy (non-hydrogen) atoms. The molecule has 0 aliphatic heterocycles. The number of methoxy groups -OCH3 is 1. The second-order valence-electron chi connectivity index (χ2n) is 4.83. The molecule has 112 valence electrons. The monoisotopic (exact) mass is 307 g/mol. The molecule has 0 unspecified atom stereocenters. The normalized spacial score (nSPS) is 10.7. The van der Waals surface area contributed by atoms with Crippen LogP contribution >= 0.6 is 11.6 Å². The average Bonchev–Trinajstić information content (AvgIpc) is 2.85. The van der Waals surface area contributed by atoms with Gasteiger partial charge in [0.15, 0.2) is 0 Å². The highest BCUT2D eigenvalue weighted by molar-refractivity contribution is 6.34. The van der Waals surface area contributed by atoms with Crippen LogP contribution in [0.15, 0.2) is 30.5 Å². The quantitative estimate of drug-likeness (QED) is 0.769. The number of aromatic nitrogens is 2. The molecule has 0 saturated heterocycles. The third-order valence-electron chi connectivity index (χ3n) is 3.16. The number of halogens is 1. The standard InChI is InChI=1S/C15H18ClN3O2/c1-18(2)12-6-4-11(5-7-12)15(20)14-13(16)10-17-19(14)8-9-21-3/h4-7,10H,8-9H2,1-3H3. The first-order chi connectivity index (χ1) is 10.0. The van der Waals surface area contributed by atoms with Gasteiger partial charge in [0, 0.05) is 32.5 Å². The Morgan fingerprint density at radius 1 is 1.33 bits per heavy atom. The minimum Gasteiger partial charge on any atom is -0.383 e. The maximum absolute atomic E-state index is 12.6. The molecular formula is C15H18ClN3O2. The smallest absolute Gasteiger partial charge is 0.212 e. The number of benzene rings is 1. The van der Waals surface area contributed by atoms with E-state index in [-0.39, 0.29) is 5.78 Å². The van der Waals surface area contributed by atoms with Gasteiger partial charge in [0.2, 0.25) is 5.78 Å². The van der Waals surface area contributed by atoms with E-state index in [1.807, 2.05) is 31.1 Å². The summed E-state index contributed by atoms with van der Waals surface area (Å²) in [5.41, 5.74) is 2.01. The fourth-order valence-corrected chi connectivity index (χ4v) is 2.21. The van der Waals surface area contributed by atoms with Crippen molar-refractivity contribution in [1.29, 1.82) is 0 Å². The van der Waals surface area contributed by atoms with Crippen LogP contribution in [-0.2, 0) is 11.3 Å². The zero-order chi connectivity index (χ0) is 15.4. The van der Waals surface area contributed by atoms with Crippen molar-refractivity contribution in [1.82, 2.24) is 9.78 Å². The van der Waals surface area contributed by atoms with Gasteiger partial charge in [-0.3, -0.25) is 9.48 Å². The summed E-state index contributed by atoms with van der Waals surface area (Å²) in [6.45, 7) is 0.956. The molecule has 0 aliphatic rings. The van der Waals surface area contributed by atoms with Crippen LogP contribution < -0.4 is 4.90 Å². The SMILES string of the molecule is COCCn1ncc(Cl)c1C(=O)c1ccc(N(C)C)cc1. The van der Waals surface area contributed by atoms with E-state index < -0.39 is 0 Å². The molecule has 1 aromatic carbocycles. The lowest BCUT2D eigenvalue weighted by molar-refractivity contribution is 0.102. The molecule has 0 amide bonds. The van der Waals surface area contributed by atoms with Crippen LogP contribution in [0.4, 0.5) is 5.69 Å². The van der Waals surface area contributed by atoms with Crippen molar-refractivity contribution in [3.05, 3.63) is 46.7 Å². The van der Waals surface area contributed by atoms with Crippen LogP contribution in [0.2, 0.25) is 5.02 Å². The first-order valence-electron chi connectivity index (χ1n) is 6.57. The fourth-order valence-electron chi connectivity index (χ4n) is 1.98. The second-order valence-corrected chi connectivity index (χ2v) is 5.23.